The van der Waals surface area contributed by atoms with Gasteiger partial charge in [-0.1, -0.05) is 24.3 Å². The first-order valence-electron chi connectivity index (χ1n) is 10.8. The molecule has 0 aliphatic carbocycles. The van der Waals surface area contributed by atoms with Crippen molar-refractivity contribution < 1.29 is 23.1 Å². The summed E-state index contributed by atoms with van der Waals surface area (Å²) >= 11 is 0. The van der Waals surface area contributed by atoms with E-state index in [0.29, 0.717) is 16.8 Å². The lowest BCUT2D eigenvalue weighted by atomic mass is 10.2. The predicted octanol–water partition coefficient (Wildman–Crippen LogP) is 5.66. The number of aromatic hydroxyl groups is 1. The number of hydrogen-bond donors (Lipinski definition) is 2. The molecular weight excluding hydrogens is 468 g/mol. The normalized spacial score (nSPS) is 11.9. The van der Waals surface area contributed by atoms with Crippen LogP contribution in [-0.4, -0.2) is 31.1 Å². The molecule has 0 fully saturated rings. The van der Waals surface area contributed by atoms with Crippen molar-refractivity contribution in [3.8, 4) is 11.6 Å². The number of anilines is 1. The number of benzene rings is 3. The molecule has 180 valence electrons. The van der Waals surface area contributed by atoms with Crippen LogP contribution in [0, 0.1) is 0 Å². The van der Waals surface area contributed by atoms with E-state index >= 15 is 0 Å². The Hall–Kier alpha value is -4.18. The van der Waals surface area contributed by atoms with Gasteiger partial charge in [-0.25, -0.2) is 8.42 Å². The average molecular weight is 493 g/mol. The SMILES string of the molecule is COc1ccc(NS(=O)(=O)c2cccc(C(=O)N=Nc3c(O)n(C(C)C)c4ccccc34)c2)cc1. The molecule has 1 amide bonds. The van der Waals surface area contributed by atoms with E-state index in [-0.39, 0.29) is 28.1 Å². The van der Waals surface area contributed by atoms with Gasteiger partial charge in [0.25, 0.3) is 15.9 Å². The summed E-state index contributed by atoms with van der Waals surface area (Å²) in [7, 11) is -2.44. The van der Waals surface area contributed by atoms with Crippen molar-refractivity contribution in [1.82, 2.24) is 4.57 Å². The van der Waals surface area contributed by atoms with Crippen molar-refractivity contribution in [1.29, 1.82) is 0 Å². The molecule has 0 aliphatic rings. The number of nitrogens with one attached hydrogen (secondary N) is 1. The number of carbonyl (C=O) groups excluding carboxylic acids is 1. The van der Waals surface area contributed by atoms with Gasteiger partial charge >= 0.3 is 0 Å². The third-order valence-corrected chi connectivity index (χ3v) is 6.73. The molecule has 0 atom stereocenters. The smallest absolute Gasteiger partial charge is 0.295 e. The fourth-order valence-corrected chi connectivity index (χ4v) is 4.78. The van der Waals surface area contributed by atoms with Gasteiger partial charge in [0.2, 0.25) is 5.88 Å². The van der Waals surface area contributed by atoms with E-state index in [2.05, 4.69) is 15.0 Å². The van der Waals surface area contributed by atoms with Crippen molar-refractivity contribution in [2.75, 3.05) is 11.8 Å². The molecule has 0 spiro atoms. The van der Waals surface area contributed by atoms with Crippen molar-refractivity contribution >= 4 is 38.2 Å². The summed E-state index contributed by atoms with van der Waals surface area (Å²) < 4.78 is 34.9. The highest BCUT2D eigenvalue weighted by atomic mass is 32.2. The Morgan fingerprint density at radius 2 is 1.74 bits per heavy atom. The lowest BCUT2D eigenvalue weighted by Crippen LogP contribution is -2.13. The second-order valence-corrected chi connectivity index (χ2v) is 9.70. The number of para-hydroxylation sites is 1. The molecule has 35 heavy (non-hydrogen) atoms. The third kappa shape index (κ3) is 4.87. The van der Waals surface area contributed by atoms with Crippen LogP contribution in [0.5, 0.6) is 11.6 Å². The van der Waals surface area contributed by atoms with Crippen LogP contribution in [0.3, 0.4) is 0 Å². The lowest BCUT2D eigenvalue weighted by molar-refractivity contribution is 0.0995. The monoisotopic (exact) mass is 492 g/mol. The molecule has 0 radical (unpaired) electrons. The number of amides is 1. The summed E-state index contributed by atoms with van der Waals surface area (Å²) in [6.07, 6.45) is 0. The molecule has 0 saturated heterocycles. The summed E-state index contributed by atoms with van der Waals surface area (Å²) in [6.45, 7) is 3.84. The Balaban J connectivity index is 1.61. The molecule has 0 aliphatic heterocycles. The third-order valence-electron chi connectivity index (χ3n) is 5.35. The fourth-order valence-electron chi connectivity index (χ4n) is 3.68. The van der Waals surface area contributed by atoms with E-state index < -0.39 is 15.9 Å². The number of rotatable bonds is 7. The molecule has 0 unspecified atom stereocenters. The zero-order chi connectivity index (χ0) is 25.2. The van der Waals surface area contributed by atoms with Crippen LogP contribution in [0.15, 0.2) is 87.9 Å². The van der Waals surface area contributed by atoms with Crippen LogP contribution in [0.25, 0.3) is 10.9 Å². The zero-order valence-corrected chi connectivity index (χ0v) is 20.2. The van der Waals surface area contributed by atoms with E-state index in [1.165, 1.54) is 31.4 Å². The highest BCUT2D eigenvalue weighted by molar-refractivity contribution is 7.92. The summed E-state index contributed by atoms with van der Waals surface area (Å²) in [4.78, 5) is 12.6. The topological polar surface area (TPSA) is 122 Å². The molecule has 3 aromatic carbocycles. The van der Waals surface area contributed by atoms with Gasteiger partial charge in [0.15, 0.2) is 5.69 Å². The van der Waals surface area contributed by atoms with Crippen molar-refractivity contribution in [2.45, 2.75) is 24.8 Å². The molecule has 4 aromatic rings. The highest BCUT2D eigenvalue weighted by Crippen LogP contribution is 2.40. The van der Waals surface area contributed by atoms with Crippen LogP contribution < -0.4 is 9.46 Å². The first-order valence-corrected chi connectivity index (χ1v) is 12.2. The van der Waals surface area contributed by atoms with Crippen molar-refractivity contribution in [3.05, 3.63) is 78.4 Å². The standard InChI is InChI=1S/C25H24N4O5S/c1-16(2)29-22-10-5-4-9-21(22)23(25(29)31)26-27-24(30)17-7-6-8-20(15-17)35(32,33)28-18-11-13-19(34-3)14-12-18/h4-16,28,31H,1-3H3. The summed E-state index contributed by atoms with van der Waals surface area (Å²) in [5.74, 6) is -0.251. The van der Waals surface area contributed by atoms with Crippen molar-refractivity contribution in [2.24, 2.45) is 10.2 Å². The Morgan fingerprint density at radius 3 is 2.43 bits per heavy atom. The number of azo groups is 1. The Labute approximate surface area is 202 Å². The van der Waals surface area contributed by atoms with Gasteiger partial charge in [-0.3, -0.25) is 9.52 Å². The largest absolute Gasteiger partial charge is 0.497 e. The summed E-state index contributed by atoms with van der Waals surface area (Å²) in [5, 5.41) is 19.1. The van der Waals surface area contributed by atoms with Crippen LogP contribution in [0.2, 0.25) is 0 Å². The first kappa shape index (κ1) is 24.0. The number of nitrogens with zero attached hydrogens (tertiary/aromatic N) is 3. The van der Waals surface area contributed by atoms with Gasteiger partial charge in [0.1, 0.15) is 5.75 Å². The summed E-state index contributed by atoms with van der Waals surface area (Å²) in [6, 6.07) is 19.1. The number of sulfonamides is 1. The molecule has 0 bridgehead atoms. The van der Waals surface area contributed by atoms with Gasteiger partial charge in [0, 0.05) is 22.7 Å². The number of hydrogen-bond acceptors (Lipinski definition) is 6. The van der Waals surface area contributed by atoms with Gasteiger partial charge in [-0.2, -0.15) is 0 Å². The maximum atomic E-state index is 12.8. The summed E-state index contributed by atoms with van der Waals surface area (Å²) in [5.41, 5.74) is 1.32. The zero-order valence-electron chi connectivity index (χ0n) is 19.3. The minimum Gasteiger partial charge on any atom is -0.497 e. The fraction of sp³-hybridized carbons (Fsp3) is 0.160. The first-order chi connectivity index (χ1) is 16.7. The lowest BCUT2D eigenvalue weighted by Gasteiger charge is -2.10. The molecule has 0 saturated carbocycles. The van der Waals surface area contributed by atoms with Gasteiger partial charge < -0.3 is 14.4 Å². The van der Waals surface area contributed by atoms with Crippen molar-refractivity contribution in [3.63, 3.8) is 0 Å². The number of fused-ring (bicyclic) bond motifs is 1. The van der Waals surface area contributed by atoms with Gasteiger partial charge in [-0.05, 0) is 62.4 Å². The maximum absolute atomic E-state index is 12.8. The molecule has 2 N–H and O–H groups in total. The average Bonchev–Trinajstić information content (AvgIpc) is 3.14. The van der Waals surface area contributed by atoms with Gasteiger partial charge in [-0.15, -0.1) is 10.2 Å². The maximum Gasteiger partial charge on any atom is 0.295 e. The van der Waals surface area contributed by atoms with Crippen LogP contribution in [-0.2, 0) is 10.0 Å². The molecule has 1 heterocycles. The Kier molecular flexibility index (Phi) is 6.57. The second-order valence-electron chi connectivity index (χ2n) is 8.02. The second kappa shape index (κ2) is 9.59. The number of aromatic nitrogens is 1. The minimum absolute atomic E-state index is 0.0402. The highest BCUT2D eigenvalue weighted by Gasteiger charge is 2.20. The molecule has 4 rings (SSSR count). The van der Waals surface area contributed by atoms with E-state index in [9.17, 15) is 18.3 Å². The Morgan fingerprint density at radius 1 is 1.03 bits per heavy atom. The molecule has 10 heteroatoms. The minimum atomic E-state index is -3.96. The quantitative estimate of drug-likeness (QED) is 0.322. The van der Waals surface area contributed by atoms with E-state index in [4.69, 9.17) is 4.74 Å². The molecule has 9 nitrogen and oxygen atoms in total. The van der Waals surface area contributed by atoms with Crippen LogP contribution >= 0.6 is 0 Å². The molecular formula is C25H24N4O5S. The number of methoxy groups -OCH3 is 1. The van der Waals surface area contributed by atoms with E-state index in [0.717, 1.165) is 5.52 Å². The predicted molar refractivity (Wildman–Crippen MR) is 133 cm³/mol. The molecule has 1 aromatic heterocycles. The number of carbonyl (C=O) groups is 1. The van der Waals surface area contributed by atoms with E-state index in [1.54, 1.807) is 41.0 Å². The Bertz CT molecular complexity index is 1520. The van der Waals surface area contributed by atoms with Gasteiger partial charge in [0.05, 0.1) is 17.5 Å². The van der Waals surface area contributed by atoms with Crippen LogP contribution in [0.4, 0.5) is 11.4 Å². The number of ether oxygens (including phenoxy) is 1. The van der Waals surface area contributed by atoms with Crippen LogP contribution in [0.1, 0.15) is 30.2 Å². The van der Waals surface area contributed by atoms with E-state index in [1.807, 2.05) is 26.0 Å².